The number of urea groups is 1. The molecule has 0 radical (unpaired) electrons. The van der Waals surface area contributed by atoms with Crippen molar-refractivity contribution in [2.75, 3.05) is 28.6 Å². The van der Waals surface area contributed by atoms with Gasteiger partial charge >= 0.3 is 12.0 Å². The van der Waals surface area contributed by atoms with Gasteiger partial charge in [-0.15, -0.1) is 21.5 Å². The van der Waals surface area contributed by atoms with Crippen molar-refractivity contribution < 1.29 is 14.7 Å². The lowest BCUT2D eigenvalue weighted by Gasteiger charge is -2.30. The van der Waals surface area contributed by atoms with Gasteiger partial charge in [-0.05, 0) is 50.3 Å². The number of hydrogen-bond donors (Lipinski definition) is 3. The van der Waals surface area contributed by atoms with Gasteiger partial charge in [-0.2, -0.15) is 0 Å². The molecule has 2 amide bonds. The fourth-order valence-corrected chi connectivity index (χ4v) is 4.67. The van der Waals surface area contributed by atoms with Gasteiger partial charge in [-0.3, -0.25) is 10.1 Å². The average molecular weight is 470 g/mol. The number of benzene rings is 1. The predicted octanol–water partition coefficient (Wildman–Crippen LogP) is 3.55. The highest BCUT2D eigenvalue weighted by atomic mass is 32.1. The molecule has 1 saturated heterocycles. The zero-order valence-corrected chi connectivity index (χ0v) is 19.3. The number of aromatic nitrogens is 4. The Labute approximate surface area is 195 Å². The van der Waals surface area contributed by atoms with E-state index in [2.05, 4.69) is 43.7 Å². The monoisotopic (exact) mass is 469 g/mol. The van der Waals surface area contributed by atoms with Crippen molar-refractivity contribution in [2.24, 2.45) is 0 Å². The molecule has 174 valence electrons. The number of anilines is 3. The Bertz CT molecular complexity index is 1120. The Morgan fingerprint density at radius 1 is 1.15 bits per heavy atom. The number of carboxylic acid groups (broad SMARTS) is 1. The largest absolute Gasteiger partial charge is 0.480 e. The zero-order valence-electron chi connectivity index (χ0n) is 18.5. The molecule has 0 bridgehead atoms. The highest BCUT2D eigenvalue weighted by Gasteiger charge is 2.17. The number of nitrogens with one attached hydrogen (secondary N) is 2. The highest BCUT2D eigenvalue weighted by Crippen LogP contribution is 2.30. The predicted molar refractivity (Wildman–Crippen MR) is 127 cm³/mol. The van der Waals surface area contributed by atoms with E-state index in [4.69, 9.17) is 5.11 Å². The van der Waals surface area contributed by atoms with E-state index in [0.29, 0.717) is 23.8 Å². The zero-order chi connectivity index (χ0) is 23.2. The normalized spacial score (nSPS) is 13.7. The molecule has 4 rings (SSSR count). The van der Waals surface area contributed by atoms with Crippen molar-refractivity contribution in [2.45, 2.75) is 45.6 Å². The van der Waals surface area contributed by atoms with Crippen molar-refractivity contribution in [1.29, 1.82) is 0 Å². The van der Waals surface area contributed by atoms with Crippen LogP contribution >= 0.6 is 11.3 Å². The summed E-state index contributed by atoms with van der Waals surface area (Å²) in [5.41, 5.74) is 3.00. The van der Waals surface area contributed by atoms with Gasteiger partial charge in [0.25, 0.3) is 0 Å². The Balaban J connectivity index is 1.35. The standard InChI is InChI=1S/C22H27N7O3S/c1-15-5-7-17(18(11-15)28-9-3-2-4-10-28)25-21(32)26-22-23-12-16(33-22)6-8-19-27-24-14-29(19)13-20(30)31/h5,7,11-12,14H,2-4,6,8-10,13H2,1H3,(H,30,31)(H2,23,25,26,32). The first-order valence-corrected chi connectivity index (χ1v) is 11.8. The molecule has 1 aliphatic rings. The first kappa shape index (κ1) is 22.7. The van der Waals surface area contributed by atoms with Crippen LogP contribution in [0.2, 0.25) is 0 Å². The van der Waals surface area contributed by atoms with Crippen LogP contribution in [0.15, 0.2) is 30.7 Å². The lowest BCUT2D eigenvalue weighted by atomic mass is 10.1. The van der Waals surface area contributed by atoms with Crippen molar-refractivity contribution in [3.05, 3.63) is 47.0 Å². The molecule has 1 aliphatic heterocycles. The summed E-state index contributed by atoms with van der Waals surface area (Å²) in [5.74, 6) is -0.342. The molecule has 3 aromatic rings. The number of thiazole rings is 1. The number of hydrogen-bond acceptors (Lipinski definition) is 7. The third kappa shape index (κ3) is 6.07. The first-order valence-electron chi connectivity index (χ1n) is 10.9. The van der Waals surface area contributed by atoms with Crippen LogP contribution in [0.4, 0.5) is 21.3 Å². The van der Waals surface area contributed by atoms with Gasteiger partial charge in [0, 0.05) is 30.6 Å². The maximum absolute atomic E-state index is 12.7. The molecule has 3 N–H and O–H groups in total. The summed E-state index contributed by atoms with van der Waals surface area (Å²) in [5, 5.41) is 23.0. The SMILES string of the molecule is Cc1ccc(NC(=O)Nc2ncc(CCc3nncn3CC(=O)O)s2)c(N2CCCCC2)c1. The number of carbonyl (C=O) groups excluding carboxylic acids is 1. The smallest absolute Gasteiger partial charge is 0.325 e. The molecule has 10 nitrogen and oxygen atoms in total. The third-order valence-electron chi connectivity index (χ3n) is 5.47. The van der Waals surface area contributed by atoms with Crippen LogP contribution in [0.5, 0.6) is 0 Å². The van der Waals surface area contributed by atoms with E-state index < -0.39 is 5.97 Å². The number of aliphatic carboxylic acids is 1. The molecule has 0 unspecified atom stereocenters. The van der Waals surface area contributed by atoms with Crippen molar-refractivity contribution >= 4 is 39.8 Å². The minimum atomic E-state index is -0.941. The van der Waals surface area contributed by atoms with Crippen LogP contribution in [0, 0.1) is 6.92 Å². The second-order valence-corrected chi connectivity index (χ2v) is 9.16. The Morgan fingerprint density at radius 2 is 1.97 bits per heavy atom. The van der Waals surface area contributed by atoms with Crippen LogP contribution in [0.3, 0.4) is 0 Å². The van der Waals surface area contributed by atoms with Crippen LogP contribution < -0.4 is 15.5 Å². The summed E-state index contributed by atoms with van der Waals surface area (Å²) < 4.78 is 1.51. The number of carbonyl (C=O) groups is 2. The lowest BCUT2D eigenvalue weighted by Crippen LogP contribution is -2.31. The molecule has 0 spiro atoms. The Hall–Kier alpha value is -3.47. The van der Waals surface area contributed by atoms with Gasteiger partial charge < -0.3 is 19.9 Å². The number of piperidine rings is 1. The van der Waals surface area contributed by atoms with Crippen molar-refractivity contribution in [3.8, 4) is 0 Å². The van der Waals surface area contributed by atoms with Gasteiger partial charge in [0.1, 0.15) is 18.7 Å². The summed E-state index contributed by atoms with van der Waals surface area (Å²) in [4.78, 5) is 31.2. The quantitative estimate of drug-likeness (QED) is 0.461. The van der Waals surface area contributed by atoms with Crippen LogP contribution in [-0.4, -0.2) is 49.9 Å². The van der Waals surface area contributed by atoms with Gasteiger partial charge in [0.15, 0.2) is 5.13 Å². The molecule has 0 saturated carbocycles. The number of nitrogens with zero attached hydrogens (tertiary/aromatic N) is 5. The second-order valence-electron chi connectivity index (χ2n) is 8.05. The average Bonchev–Trinajstić information content (AvgIpc) is 3.42. The summed E-state index contributed by atoms with van der Waals surface area (Å²) in [6, 6.07) is 5.72. The molecule has 0 aliphatic carbocycles. The Morgan fingerprint density at radius 3 is 2.76 bits per heavy atom. The van der Waals surface area contributed by atoms with E-state index in [-0.39, 0.29) is 12.6 Å². The summed E-state index contributed by atoms with van der Waals surface area (Å²) in [6.45, 7) is 3.88. The number of amides is 2. The third-order valence-corrected chi connectivity index (χ3v) is 6.44. The molecular formula is C22H27N7O3S. The summed E-state index contributed by atoms with van der Waals surface area (Å²) in [6.07, 6.45) is 7.85. The highest BCUT2D eigenvalue weighted by molar-refractivity contribution is 7.15. The minimum absolute atomic E-state index is 0.170. The molecule has 1 fully saturated rings. The topological polar surface area (TPSA) is 125 Å². The number of carboxylic acids is 1. The van der Waals surface area contributed by atoms with E-state index in [1.165, 1.54) is 28.7 Å². The number of rotatable bonds is 8. The van der Waals surface area contributed by atoms with Gasteiger partial charge in [0.2, 0.25) is 0 Å². The van der Waals surface area contributed by atoms with E-state index in [1.807, 2.05) is 12.1 Å². The van der Waals surface area contributed by atoms with Gasteiger partial charge in [-0.25, -0.2) is 9.78 Å². The molecule has 3 heterocycles. The molecule has 2 aromatic heterocycles. The van der Waals surface area contributed by atoms with Crippen molar-refractivity contribution in [3.63, 3.8) is 0 Å². The molecule has 0 atom stereocenters. The van der Waals surface area contributed by atoms with Crippen molar-refractivity contribution in [1.82, 2.24) is 19.7 Å². The van der Waals surface area contributed by atoms with Gasteiger partial charge in [0.05, 0.1) is 11.4 Å². The van der Waals surface area contributed by atoms with E-state index in [1.54, 1.807) is 6.20 Å². The maximum Gasteiger partial charge on any atom is 0.325 e. The summed E-state index contributed by atoms with van der Waals surface area (Å²) in [7, 11) is 0. The van der Waals surface area contributed by atoms with E-state index in [9.17, 15) is 9.59 Å². The molecule has 33 heavy (non-hydrogen) atoms. The first-order chi connectivity index (χ1) is 16.0. The number of aryl methyl sites for hydroxylation is 3. The molecule has 11 heteroatoms. The second kappa shape index (κ2) is 10.4. The van der Waals surface area contributed by atoms with E-state index in [0.717, 1.165) is 47.7 Å². The molecular weight excluding hydrogens is 442 g/mol. The van der Waals surface area contributed by atoms with Gasteiger partial charge in [-0.1, -0.05) is 6.07 Å². The maximum atomic E-state index is 12.7. The van der Waals surface area contributed by atoms with E-state index >= 15 is 0 Å². The summed E-state index contributed by atoms with van der Waals surface area (Å²) >= 11 is 1.38. The van der Waals surface area contributed by atoms with Crippen LogP contribution in [0.1, 0.15) is 35.5 Å². The molecule has 1 aromatic carbocycles. The van der Waals surface area contributed by atoms with Crippen LogP contribution in [-0.2, 0) is 24.2 Å². The Kier molecular flexibility index (Phi) is 7.18. The van der Waals surface area contributed by atoms with Crippen LogP contribution in [0.25, 0.3) is 0 Å². The minimum Gasteiger partial charge on any atom is -0.480 e. The fraction of sp³-hybridized carbons (Fsp3) is 0.409. The lowest BCUT2D eigenvalue weighted by molar-refractivity contribution is -0.137. The fourth-order valence-electron chi connectivity index (χ4n) is 3.86.